The van der Waals surface area contributed by atoms with Gasteiger partial charge in [-0.15, -0.1) is 0 Å². The summed E-state index contributed by atoms with van der Waals surface area (Å²) < 4.78 is 16.7. The molecule has 1 N–H and O–H groups in total. The number of carbonyl (C=O) groups is 2. The van der Waals surface area contributed by atoms with Crippen molar-refractivity contribution in [2.45, 2.75) is 38.8 Å². The van der Waals surface area contributed by atoms with Crippen LogP contribution in [0.2, 0.25) is 0 Å². The van der Waals surface area contributed by atoms with Crippen molar-refractivity contribution >= 4 is 17.5 Å². The van der Waals surface area contributed by atoms with E-state index in [0.717, 1.165) is 36.0 Å². The van der Waals surface area contributed by atoms with Gasteiger partial charge in [-0.05, 0) is 79.3 Å². The van der Waals surface area contributed by atoms with Crippen LogP contribution >= 0.6 is 0 Å². The number of ether oxygens (including phenoxy) is 2. The van der Waals surface area contributed by atoms with Crippen LogP contribution in [0.1, 0.15) is 57.5 Å². The number of methoxy groups -OCH3 is 1. The first kappa shape index (κ1) is 25.7. The zero-order valence-corrected chi connectivity index (χ0v) is 22.6. The summed E-state index contributed by atoms with van der Waals surface area (Å²) in [6.45, 7) is 2.84. The molecule has 0 unspecified atom stereocenters. The summed E-state index contributed by atoms with van der Waals surface area (Å²) in [6.07, 6.45) is 4.08. The third kappa shape index (κ3) is 5.43. The van der Waals surface area contributed by atoms with E-state index in [1.807, 2.05) is 23.1 Å². The van der Waals surface area contributed by atoms with Crippen LogP contribution in [0.15, 0.2) is 77.4 Å². The Morgan fingerprint density at radius 1 is 1.05 bits per heavy atom. The molecule has 2 aliphatic rings. The zero-order valence-electron chi connectivity index (χ0n) is 22.6. The number of fused-ring (bicyclic) bond motifs is 1. The average Bonchev–Trinajstić information content (AvgIpc) is 3.72. The number of nitrogens with one attached hydrogen (secondary N) is 1. The lowest BCUT2D eigenvalue weighted by molar-refractivity contribution is -0.134. The molecule has 0 bridgehead atoms. The first-order valence-corrected chi connectivity index (χ1v) is 13.5. The van der Waals surface area contributed by atoms with Crippen molar-refractivity contribution in [3.63, 3.8) is 0 Å². The minimum atomic E-state index is -0.379. The Hall–Kier alpha value is -4.59. The number of oxazole rings is 1. The first-order chi connectivity index (χ1) is 19.5. The van der Waals surface area contributed by atoms with Crippen molar-refractivity contribution in [2.75, 3.05) is 19.0 Å². The molecule has 1 atom stereocenters. The number of aryl methyl sites for hydroxylation is 1. The lowest BCUT2D eigenvalue weighted by Crippen LogP contribution is -2.41. The Balaban J connectivity index is 1.18. The Labute approximate surface area is 232 Å². The van der Waals surface area contributed by atoms with Gasteiger partial charge in [-0.25, -0.2) is 4.98 Å². The standard InChI is InChI=1S/C32H31N3O5/c1-20-4-3-5-23(16-20)30-27-17-26(11-8-21(27)14-15-35(30)32(37)22-6-7-22)39-19-29-34-28(18-40-29)31(36)33-24-9-12-25(38-2)13-10-24/h3-5,8-13,16-18,22,30H,6-7,14-15,19H2,1-2H3,(H,33,36)/t30-/m1/s1. The molecule has 8 heteroatoms. The van der Waals surface area contributed by atoms with Crippen LogP contribution in [0.3, 0.4) is 0 Å². The molecule has 4 aromatic rings. The van der Waals surface area contributed by atoms with Crippen molar-refractivity contribution in [1.82, 2.24) is 9.88 Å². The lowest BCUT2D eigenvalue weighted by Gasteiger charge is -2.38. The second-order valence-electron chi connectivity index (χ2n) is 10.3. The largest absolute Gasteiger partial charge is 0.497 e. The Morgan fingerprint density at radius 3 is 2.60 bits per heavy atom. The number of hydrogen-bond acceptors (Lipinski definition) is 6. The minimum absolute atomic E-state index is 0.0639. The van der Waals surface area contributed by atoms with Crippen LogP contribution in [0, 0.1) is 12.8 Å². The van der Waals surface area contributed by atoms with E-state index >= 15 is 0 Å². The summed E-state index contributed by atoms with van der Waals surface area (Å²) in [5.74, 6) is 1.65. The van der Waals surface area contributed by atoms with Crippen molar-refractivity contribution in [2.24, 2.45) is 5.92 Å². The van der Waals surface area contributed by atoms with E-state index in [-0.39, 0.29) is 36.1 Å². The first-order valence-electron chi connectivity index (χ1n) is 13.5. The third-order valence-corrected chi connectivity index (χ3v) is 7.41. The molecule has 40 heavy (non-hydrogen) atoms. The molecule has 6 rings (SSSR count). The quantitative estimate of drug-likeness (QED) is 0.310. The van der Waals surface area contributed by atoms with E-state index in [1.165, 1.54) is 11.8 Å². The lowest BCUT2D eigenvalue weighted by atomic mass is 9.87. The van der Waals surface area contributed by atoms with Crippen molar-refractivity contribution < 1.29 is 23.5 Å². The molecule has 3 aromatic carbocycles. The molecular formula is C32H31N3O5. The van der Waals surface area contributed by atoms with Gasteiger partial charge in [-0.1, -0.05) is 35.9 Å². The van der Waals surface area contributed by atoms with Crippen LogP contribution < -0.4 is 14.8 Å². The predicted molar refractivity (Wildman–Crippen MR) is 149 cm³/mol. The highest BCUT2D eigenvalue weighted by molar-refractivity contribution is 6.02. The maximum Gasteiger partial charge on any atom is 0.277 e. The monoisotopic (exact) mass is 537 g/mol. The van der Waals surface area contributed by atoms with Gasteiger partial charge in [0.25, 0.3) is 5.91 Å². The van der Waals surface area contributed by atoms with E-state index in [1.54, 1.807) is 31.4 Å². The zero-order chi connectivity index (χ0) is 27.6. The average molecular weight is 538 g/mol. The molecule has 1 aliphatic carbocycles. The number of hydrogen-bond donors (Lipinski definition) is 1. The number of aromatic nitrogens is 1. The number of nitrogens with zero attached hydrogens (tertiary/aromatic N) is 2. The molecule has 8 nitrogen and oxygen atoms in total. The van der Waals surface area contributed by atoms with Crippen molar-refractivity contribution in [3.05, 3.63) is 107 Å². The molecule has 1 saturated carbocycles. The molecule has 1 fully saturated rings. The molecule has 0 spiro atoms. The number of rotatable bonds is 8. The van der Waals surface area contributed by atoms with Gasteiger partial charge in [0.1, 0.15) is 17.8 Å². The maximum atomic E-state index is 13.3. The molecular weight excluding hydrogens is 506 g/mol. The summed E-state index contributed by atoms with van der Waals surface area (Å²) in [4.78, 5) is 32.2. The van der Waals surface area contributed by atoms with Gasteiger partial charge in [0.2, 0.25) is 11.8 Å². The second kappa shape index (κ2) is 10.9. The SMILES string of the molecule is COc1ccc(NC(=O)c2coc(COc3ccc4c(c3)[C@@H](c3cccc(C)c3)N(C(=O)C3CC3)CC4)n2)cc1. The highest BCUT2D eigenvalue weighted by Gasteiger charge is 2.39. The van der Waals surface area contributed by atoms with Gasteiger partial charge < -0.3 is 24.1 Å². The smallest absolute Gasteiger partial charge is 0.277 e. The topological polar surface area (TPSA) is 93.9 Å². The van der Waals surface area contributed by atoms with Gasteiger partial charge in [0.15, 0.2) is 12.3 Å². The van der Waals surface area contributed by atoms with Crippen LogP contribution in [0.5, 0.6) is 11.5 Å². The molecule has 0 radical (unpaired) electrons. The van der Waals surface area contributed by atoms with E-state index in [4.69, 9.17) is 13.9 Å². The summed E-state index contributed by atoms with van der Waals surface area (Å²) in [5.41, 5.74) is 5.34. The molecule has 204 valence electrons. The Bertz CT molecular complexity index is 1540. The molecule has 0 saturated heterocycles. The fourth-order valence-corrected chi connectivity index (χ4v) is 5.18. The highest BCUT2D eigenvalue weighted by Crippen LogP contribution is 2.41. The fraction of sp³-hybridized carbons (Fsp3) is 0.281. The van der Waals surface area contributed by atoms with Crippen LogP contribution in [0.4, 0.5) is 5.69 Å². The van der Waals surface area contributed by atoms with Gasteiger partial charge in [0.05, 0.1) is 13.2 Å². The van der Waals surface area contributed by atoms with E-state index < -0.39 is 0 Å². The summed E-state index contributed by atoms with van der Waals surface area (Å²) in [6, 6.07) is 21.3. The maximum absolute atomic E-state index is 13.3. The van der Waals surface area contributed by atoms with Gasteiger partial charge in [0, 0.05) is 18.2 Å². The summed E-state index contributed by atoms with van der Waals surface area (Å²) in [7, 11) is 1.59. The van der Waals surface area contributed by atoms with Crippen molar-refractivity contribution in [3.8, 4) is 11.5 Å². The van der Waals surface area contributed by atoms with Gasteiger partial charge in [-0.2, -0.15) is 0 Å². The van der Waals surface area contributed by atoms with E-state index in [9.17, 15) is 9.59 Å². The molecule has 2 amide bonds. The fourth-order valence-electron chi connectivity index (χ4n) is 5.18. The molecule has 1 aliphatic heterocycles. The number of amides is 2. The van der Waals surface area contributed by atoms with E-state index in [2.05, 4.69) is 41.5 Å². The van der Waals surface area contributed by atoms with Gasteiger partial charge in [-0.3, -0.25) is 9.59 Å². The van der Waals surface area contributed by atoms with Crippen LogP contribution in [-0.2, 0) is 17.8 Å². The summed E-state index contributed by atoms with van der Waals surface area (Å²) >= 11 is 0. The van der Waals surface area contributed by atoms with E-state index in [0.29, 0.717) is 29.6 Å². The van der Waals surface area contributed by atoms with Gasteiger partial charge >= 0.3 is 0 Å². The summed E-state index contributed by atoms with van der Waals surface area (Å²) in [5, 5.41) is 2.79. The Kier molecular flexibility index (Phi) is 6.99. The predicted octanol–water partition coefficient (Wildman–Crippen LogP) is 5.71. The third-order valence-electron chi connectivity index (χ3n) is 7.41. The second-order valence-corrected chi connectivity index (χ2v) is 10.3. The Morgan fingerprint density at radius 2 is 1.85 bits per heavy atom. The number of anilines is 1. The minimum Gasteiger partial charge on any atom is -0.497 e. The van der Waals surface area contributed by atoms with Crippen molar-refractivity contribution in [1.29, 1.82) is 0 Å². The van der Waals surface area contributed by atoms with Crippen LogP contribution in [-0.4, -0.2) is 35.4 Å². The number of benzene rings is 3. The molecule has 1 aromatic heterocycles. The number of carbonyl (C=O) groups excluding carboxylic acids is 2. The normalized spacial score (nSPS) is 16.2. The van der Waals surface area contributed by atoms with Crippen LogP contribution in [0.25, 0.3) is 0 Å². The highest BCUT2D eigenvalue weighted by atomic mass is 16.5. The molecule has 2 heterocycles.